The molecule has 7 nitrogen and oxygen atoms in total. The lowest BCUT2D eigenvalue weighted by Crippen LogP contribution is -2.30. The Morgan fingerprint density at radius 3 is 3.00 bits per heavy atom. The summed E-state index contributed by atoms with van der Waals surface area (Å²) in [5, 5.41) is 9.64. The number of carbonyl (C=O) groups excluding carboxylic acids is 1. The molecule has 7 heteroatoms. The van der Waals surface area contributed by atoms with Gasteiger partial charge in [-0.25, -0.2) is 0 Å². The molecule has 1 heterocycles. The topological polar surface area (TPSA) is 89.3 Å². The molecule has 2 rings (SSSR count). The van der Waals surface area contributed by atoms with Crippen LogP contribution in [0.2, 0.25) is 0 Å². The molecule has 0 aliphatic carbocycles. The number of ether oxygens (including phenoxy) is 1. The number of anilines is 1. The van der Waals surface area contributed by atoms with Crippen molar-refractivity contribution in [2.75, 3.05) is 32.1 Å². The molecule has 0 unspecified atom stereocenters. The van der Waals surface area contributed by atoms with E-state index in [-0.39, 0.29) is 12.5 Å². The molecule has 1 aromatic heterocycles. The van der Waals surface area contributed by atoms with Crippen molar-refractivity contribution in [2.24, 2.45) is 0 Å². The van der Waals surface area contributed by atoms with E-state index in [1.165, 1.54) is 0 Å². The van der Waals surface area contributed by atoms with Gasteiger partial charge in [0.05, 0.1) is 13.2 Å². The van der Waals surface area contributed by atoms with Gasteiger partial charge in [-0.05, 0) is 12.1 Å². The van der Waals surface area contributed by atoms with E-state index in [1.807, 2.05) is 18.2 Å². The molecule has 0 bridgehead atoms. The van der Waals surface area contributed by atoms with E-state index in [9.17, 15) is 4.79 Å². The van der Waals surface area contributed by atoms with Gasteiger partial charge >= 0.3 is 0 Å². The molecule has 1 aromatic carbocycles. The smallest absolute Gasteiger partial charge is 0.238 e. The van der Waals surface area contributed by atoms with Gasteiger partial charge in [-0.3, -0.25) is 4.79 Å². The van der Waals surface area contributed by atoms with Crippen LogP contribution in [0.1, 0.15) is 5.89 Å². The van der Waals surface area contributed by atoms with Gasteiger partial charge in [-0.1, -0.05) is 17.3 Å². The second-order valence-electron chi connectivity index (χ2n) is 4.44. The van der Waals surface area contributed by atoms with Gasteiger partial charge in [0, 0.05) is 31.8 Å². The van der Waals surface area contributed by atoms with Gasteiger partial charge in [0.25, 0.3) is 0 Å². The third-order valence-electron chi connectivity index (χ3n) is 2.70. The number of methoxy groups -OCH3 is 1. The fourth-order valence-corrected chi connectivity index (χ4v) is 1.73. The Morgan fingerprint density at radius 1 is 1.43 bits per heavy atom. The van der Waals surface area contributed by atoms with E-state index in [4.69, 9.17) is 9.26 Å². The van der Waals surface area contributed by atoms with Crippen LogP contribution < -0.4 is 10.6 Å². The van der Waals surface area contributed by atoms with E-state index < -0.39 is 0 Å². The van der Waals surface area contributed by atoms with Crippen LogP contribution in [0.5, 0.6) is 0 Å². The Morgan fingerprint density at radius 2 is 2.29 bits per heavy atom. The number of carbonyl (C=O) groups is 1. The van der Waals surface area contributed by atoms with Crippen molar-refractivity contribution < 1.29 is 14.1 Å². The minimum atomic E-state index is -0.118. The molecule has 0 fully saturated rings. The number of amides is 1. The van der Waals surface area contributed by atoms with Gasteiger partial charge in [0.2, 0.25) is 17.6 Å². The van der Waals surface area contributed by atoms with Crippen LogP contribution in [0.25, 0.3) is 11.4 Å². The largest absolute Gasteiger partial charge is 0.383 e. The van der Waals surface area contributed by atoms with Crippen LogP contribution >= 0.6 is 0 Å². The van der Waals surface area contributed by atoms with Gasteiger partial charge in [0.1, 0.15) is 0 Å². The van der Waals surface area contributed by atoms with Crippen LogP contribution in [0.15, 0.2) is 28.8 Å². The molecule has 0 spiro atoms. The van der Waals surface area contributed by atoms with Crippen molar-refractivity contribution >= 4 is 11.6 Å². The molecular weight excluding hydrogens is 272 g/mol. The van der Waals surface area contributed by atoms with E-state index in [1.54, 1.807) is 20.1 Å². The number of aryl methyl sites for hydroxylation is 1. The Kier molecular flexibility index (Phi) is 5.42. The van der Waals surface area contributed by atoms with E-state index in [0.717, 1.165) is 5.56 Å². The van der Waals surface area contributed by atoms with Gasteiger partial charge in [-0.2, -0.15) is 4.98 Å². The number of nitrogens with one attached hydrogen (secondary N) is 2. The Hall–Kier alpha value is -2.25. The highest BCUT2D eigenvalue weighted by molar-refractivity contribution is 5.92. The zero-order chi connectivity index (χ0) is 15.1. The summed E-state index contributed by atoms with van der Waals surface area (Å²) in [4.78, 5) is 15.9. The second kappa shape index (κ2) is 7.51. The molecule has 21 heavy (non-hydrogen) atoms. The Balaban J connectivity index is 1.93. The molecule has 0 radical (unpaired) electrons. The molecule has 112 valence electrons. The van der Waals surface area contributed by atoms with Crippen LogP contribution in [0.4, 0.5) is 5.69 Å². The fraction of sp³-hybridized carbons (Fsp3) is 0.357. The highest BCUT2D eigenvalue weighted by atomic mass is 16.5. The average molecular weight is 290 g/mol. The maximum atomic E-state index is 11.8. The molecule has 0 saturated heterocycles. The van der Waals surface area contributed by atoms with Crippen molar-refractivity contribution in [2.45, 2.75) is 6.92 Å². The van der Waals surface area contributed by atoms with Crippen molar-refractivity contribution in [1.29, 1.82) is 0 Å². The highest BCUT2D eigenvalue weighted by Gasteiger charge is 2.07. The van der Waals surface area contributed by atoms with Gasteiger partial charge in [-0.15, -0.1) is 0 Å². The van der Waals surface area contributed by atoms with E-state index in [0.29, 0.717) is 30.6 Å². The second-order valence-corrected chi connectivity index (χ2v) is 4.44. The Bertz CT molecular complexity index is 597. The third-order valence-corrected chi connectivity index (χ3v) is 2.70. The van der Waals surface area contributed by atoms with Crippen LogP contribution in [-0.2, 0) is 9.53 Å². The average Bonchev–Trinajstić information content (AvgIpc) is 2.91. The first-order valence-electron chi connectivity index (χ1n) is 6.59. The molecule has 1 amide bonds. The quantitative estimate of drug-likeness (QED) is 0.745. The normalized spacial score (nSPS) is 10.6. The zero-order valence-corrected chi connectivity index (χ0v) is 12.0. The van der Waals surface area contributed by atoms with E-state index in [2.05, 4.69) is 20.8 Å². The number of rotatable bonds is 7. The first-order valence-corrected chi connectivity index (χ1v) is 6.59. The summed E-state index contributed by atoms with van der Waals surface area (Å²) in [5.41, 5.74) is 1.48. The van der Waals surface area contributed by atoms with Crippen LogP contribution in [0.3, 0.4) is 0 Å². The minimum absolute atomic E-state index is 0.118. The molecule has 0 aliphatic rings. The molecule has 0 saturated carbocycles. The lowest BCUT2D eigenvalue weighted by Gasteiger charge is -2.07. The predicted molar refractivity (Wildman–Crippen MR) is 77.8 cm³/mol. The summed E-state index contributed by atoms with van der Waals surface area (Å²) in [5.74, 6) is 0.885. The monoisotopic (exact) mass is 290 g/mol. The summed E-state index contributed by atoms with van der Waals surface area (Å²) in [7, 11) is 1.62. The molecular formula is C14H18N4O3. The van der Waals surface area contributed by atoms with Crippen LogP contribution in [-0.4, -0.2) is 42.9 Å². The Labute approximate surface area is 122 Å². The zero-order valence-electron chi connectivity index (χ0n) is 12.0. The van der Waals surface area contributed by atoms with Crippen molar-refractivity contribution in [3.05, 3.63) is 30.2 Å². The number of benzene rings is 1. The lowest BCUT2D eigenvalue weighted by molar-refractivity contribution is -0.115. The molecule has 2 N–H and O–H groups in total. The van der Waals surface area contributed by atoms with Crippen molar-refractivity contribution in [3.8, 4) is 11.4 Å². The maximum absolute atomic E-state index is 11.8. The summed E-state index contributed by atoms with van der Waals surface area (Å²) in [6, 6.07) is 7.30. The third kappa shape index (κ3) is 4.66. The molecule has 2 aromatic rings. The number of nitrogens with zero attached hydrogens (tertiary/aromatic N) is 2. The maximum Gasteiger partial charge on any atom is 0.238 e. The minimum Gasteiger partial charge on any atom is -0.383 e. The standard InChI is InChI=1S/C14H18N4O3/c1-10-16-14(18-21-10)11-4-3-5-12(8-11)17-13(19)9-15-6-7-20-2/h3-5,8,15H,6-7,9H2,1-2H3,(H,17,19). The number of hydrogen-bond acceptors (Lipinski definition) is 6. The van der Waals surface area contributed by atoms with Crippen molar-refractivity contribution in [1.82, 2.24) is 15.5 Å². The lowest BCUT2D eigenvalue weighted by atomic mass is 10.2. The molecule has 0 atom stereocenters. The summed E-state index contributed by atoms with van der Waals surface area (Å²) in [6.07, 6.45) is 0. The number of aromatic nitrogens is 2. The first kappa shape index (κ1) is 15.1. The van der Waals surface area contributed by atoms with Gasteiger partial charge in [0.15, 0.2) is 0 Å². The van der Waals surface area contributed by atoms with Crippen LogP contribution in [0, 0.1) is 6.92 Å². The van der Waals surface area contributed by atoms with Crippen molar-refractivity contribution in [3.63, 3.8) is 0 Å². The first-order chi connectivity index (χ1) is 10.2. The SMILES string of the molecule is COCCNCC(=O)Nc1cccc(-c2noc(C)n2)c1. The predicted octanol–water partition coefficient (Wildman–Crippen LogP) is 1.22. The summed E-state index contributed by atoms with van der Waals surface area (Å²) >= 11 is 0. The van der Waals surface area contributed by atoms with Gasteiger partial charge < -0.3 is 19.9 Å². The summed E-state index contributed by atoms with van der Waals surface area (Å²) < 4.78 is 9.84. The number of hydrogen-bond donors (Lipinski definition) is 2. The molecule has 0 aliphatic heterocycles. The highest BCUT2D eigenvalue weighted by Crippen LogP contribution is 2.19. The fourth-order valence-electron chi connectivity index (χ4n) is 1.73. The summed E-state index contributed by atoms with van der Waals surface area (Å²) in [6.45, 7) is 3.16. The van der Waals surface area contributed by atoms with E-state index >= 15 is 0 Å².